The van der Waals surface area contributed by atoms with Crippen LogP contribution in [-0.4, -0.2) is 11.8 Å². The molecule has 0 amide bonds. The first kappa shape index (κ1) is 11.8. The highest BCUT2D eigenvalue weighted by molar-refractivity contribution is 9.10. The molecular weight excluding hydrogens is 294 g/mol. The Morgan fingerprint density at radius 2 is 2.33 bits per heavy atom. The van der Waals surface area contributed by atoms with Crippen molar-refractivity contribution in [3.63, 3.8) is 0 Å². The average Bonchev–Trinajstić information content (AvgIpc) is 2.22. The van der Waals surface area contributed by atoms with Gasteiger partial charge in [-0.25, -0.2) is 0 Å². The Hall–Kier alpha value is 0.300. The van der Waals surface area contributed by atoms with Gasteiger partial charge in [-0.2, -0.15) is 0 Å². The van der Waals surface area contributed by atoms with Crippen molar-refractivity contribution in [3.8, 4) is 0 Å². The summed E-state index contributed by atoms with van der Waals surface area (Å²) in [6, 6.07) is 5.96. The molecule has 2 unspecified atom stereocenters. The van der Waals surface area contributed by atoms with Crippen LogP contribution in [0.25, 0.3) is 0 Å². The van der Waals surface area contributed by atoms with E-state index in [9.17, 15) is 0 Å². The monoisotopic (exact) mass is 305 g/mol. The van der Waals surface area contributed by atoms with Gasteiger partial charge in [0.15, 0.2) is 0 Å². The standard InChI is InChI=1S/C11H13BrClNS/c1-7-4-5-14-11(15-7)9-6-8(13)2-3-10(9)12/h2-3,6-7,11,14H,4-5H2,1H3. The molecule has 1 heterocycles. The molecule has 2 atom stereocenters. The molecule has 1 nitrogen and oxygen atoms in total. The van der Waals surface area contributed by atoms with Crippen LogP contribution in [0, 0.1) is 0 Å². The third-order valence-electron chi connectivity index (χ3n) is 2.49. The Morgan fingerprint density at radius 1 is 1.53 bits per heavy atom. The van der Waals surface area contributed by atoms with E-state index in [4.69, 9.17) is 11.6 Å². The first-order chi connectivity index (χ1) is 7.16. The highest BCUT2D eigenvalue weighted by Crippen LogP contribution is 2.38. The predicted octanol–water partition coefficient (Wildman–Crippen LogP) is 4.22. The second-order valence-corrected chi connectivity index (χ2v) is 6.57. The Balaban J connectivity index is 2.24. The quantitative estimate of drug-likeness (QED) is 0.834. The van der Waals surface area contributed by atoms with E-state index in [1.165, 1.54) is 12.0 Å². The molecule has 0 bridgehead atoms. The number of nitrogens with one attached hydrogen (secondary N) is 1. The van der Waals surface area contributed by atoms with Crippen LogP contribution in [-0.2, 0) is 0 Å². The maximum Gasteiger partial charge on any atom is 0.0803 e. The number of halogens is 2. The molecule has 0 aliphatic carbocycles. The fourth-order valence-corrected chi connectivity index (χ4v) is 3.75. The Bertz CT molecular complexity index is 358. The first-order valence-electron chi connectivity index (χ1n) is 5.00. The number of hydrogen-bond donors (Lipinski definition) is 1. The van der Waals surface area contributed by atoms with Gasteiger partial charge < -0.3 is 5.32 Å². The van der Waals surface area contributed by atoms with Crippen molar-refractivity contribution < 1.29 is 0 Å². The molecule has 0 radical (unpaired) electrons. The fraction of sp³-hybridized carbons (Fsp3) is 0.455. The molecule has 1 aromatic rings. The van der Waals surface area contributed by atoms with Gasteiger partial charge in [-0.1, -0.05) is 34.5 Å². The summed E-state index contributed by atoms with van der Waals surface area (Å²) in [7, 11) is 0. The molecule has 4 heteroatoms. The Morgan fingerprint density at radius 3 is 3.07 bits per heavy atom. The maximum absolute atomic E-state index is 6.01. The third kappa shape index (κ3) is 2.90. The molecule has 1 fully saturated rings. The minimum absolute atomic E-state index is 0.363. The van der Waals surface area contributed by atoms with Crippen LogP contribution in [0.2, 0.25) is 5.02 Å². The van der Waals surface area contributed by atoms with Gasteiger partial charge in [-0.05, 0) is 36.7 Å². The van der Waals surface area contributed by atoms with Gasteiger partial charge >= 0.3 is 0 Å². The van der Waals surface area contributed by atoms with E-state index in [2.05, 4.69) is 28.2 Å². The lowest BCUT2D eigenvalue weighted by atomic mass is 10.2. The zero-order valence-corrected chi connectivity index (χ0v) is 11.6. The van der Waals surface area contributed by atoms with E-state index in [0.29, 0.717) is 10.6 Å². The molecular formula is C11H13BrClNS. The second kappa shape index (κ2) is 5.09. The Kier molecular flexibility index (Phi) is 3.99. The van der Waals surface area contributed by atoms with Crippen LogP contribution >= 0.6 is 39.3 Å². The van der Waals surface area contributed by atoms with Crippen LogP contribution in [0.5, 0.6) is 0 Å². The molecule has 0 aromatic heterocycles. The minimum Gasteiger partial charge on any atom is -0.302 e. The summed E-state index contributed by atoms with van der Waals surface area (Å²) in [5, 5.41) is 5.38. The van der Waals surface area contributed by atoms with Crippen LogP contribution in [0.15, 0.2) is 22.7 Å². The van der Waals surface area contributed by atoms with Gasteiger partial charge in [0.2, 0.25) is 0 Å². The molecule has 2 rings (SSSR count). The lowest BCUT2D eigenvalue weighted by molar-refractivity contribution is 0.604. The van der Waals surface area contributed by atoms with Crippen LogP contribution in [0.4, 0.5) is 0 Å². The second-order valence-electron chi connectivity index (χ2n) is 3.74. The lowest BCUT2D eigenvalue weighted by Gasteiger charge is -2.28. The summed E-state index contributed by atoms with van der Waals surface area (Å²) in [6.45, 7) is 3.36. The molecule has 15 heavy (non-hydrogen) atoms. The highest BCUT2D eigenvalue weighted by atomic mass is 79.9. The molecule has 1 aliphatic rings. The lowest BCUT2D eigenvalue weighted by Crippen LogP contribution is -2.29. The largest absolute Gasteiger partial charge is 0.302 e. The number of hydrogen-bond acceptors (Lipinski definition) is 2. The van der Waals surface area contributed by atoms with E-state index >= 15 is 0 Å². The van der Waals surface area contributed by atoms with Crippen molar-refractivity contribution in [2.24, 2.45) is 0 Å². The summed E-state index contributed by atoms with van der Waals surface area (Å²) >= 11 is 11.6. The molecule has 1 aromatic carbocycles. The van der Waals surface area contributed by atoms with Crippen molar-refractivity contribution in [1.82, 2.24) is 5.32 Å². The molecule has 1 aliphatic heterocycles. The zero-order valence-electron chi connectivity index (χ0n) is 8.47. The molecule has 1 N–H and O–H groups in total. The van der Waals surface area contributed by atoms with Crippen LogP contribution in [0.1, 0.15) is 24.3 Å². The smallest absolute Gasteiger partial charge is 0.0803 e. The number of rotatable bonds is 1. The molecule has 0 saturated carbocycles. The van der Waals surface area contributed by atoms with E-state index in [1.54, 1.807) is 0 Å². The summed E-state index contributed by atoms with van der Waals surface area (Å²) in [5.74, 6) is 0. The van der Waals surface area contributed by atoms with Crippen molar-refractivity contribution >= 4 is 39.3 Å². The fourth-order valence-electron chi connectivity index (χ4n) is 1.66. The van der Waals surface area contributed by atoms with Gasteiger partial charge in [-0.15, -0.1) is 11.8 Å². The van der Waals surface area contributed by atoms with Gasteiger partial charge in [-0.3, -0.25) is 0 Å². The van der Waals surface area contributed by atoms with E-state index in [0.717, 1.165) is 16.0 Å². The number of benzene rings is 1. The van der Waals surface area contributed by atoms with Crippen LogP contribution in [0.3, 0.4) is 0 Å². The molecule has 82 valence electrons. The van der Waals surface area contributed by atoms with Gasteiger partial charge in [0, 0.05) is 14.7 Å². The Labute approximate surface area is 108 Å². The number of thioether (sulfide) groups is 1. The van der Waals surface area contributed by atoms with Gasteiger partial charge in [0.25, 0.3) is 0 Å². The molecule has 1 saturated heterocycles. The first-order valence-corrected chi connectivity index (χ1v) is 7.12. The summed E-state index contributed by atoms with van der Waals surface area (Å²) in [5.41, 5.74) is 1.25. The normalized spacial score (nSPS) is 26.6. The van der Waals surface area contributed by atoms with Gasteiger partial charge in [0.1, 0.15) is 0 Å². The van der Waals surface area contributed by atoms with E-state index in [-0.39, 0.29) is 0 Å². The van der Waals surface area contributed by atoms with E-state index < -0.39 is 0 Å². The summed E-state index contributed by atoms with van der Waals surface area (Å²) in [4.78, 5) is 0. The zero-order chi connectivity index (χ0) is 10.8. The van der Waals surface area contributed by atoms with Gasteiger partial charge in [0.05, 0.1) is 5.37 Å². The minimum atomic E-state index is 0.363. The molecule has 0 spiro atoms. The van der Waals surface area contributed by atoms with Crippen molar-refractivity contribution in [1.29, 1.82) is 0 Å². The SMILES string of the molecule is CC1CCNC(c2cc(Cl)ccc2Br)S1. The van der Waals surface area contributed by atoms with E-state index in [1.807, 2.05) is 30.0 Å². The van der Waals surface area contributed by atoms with Crippen molar-refractivity contribution in [2.45, 2.75) is 24.0 Å². The predicted molar refractivity (Wildman–Crippen MR) is 71.6 cm³/mol. The highest BCUT2D eigenvalue weighted by Gasteiger charge is 2.22. The van der Waals surface area contributed by atoms with Crippen LogP contribution < -0.4 is 5.32 Å². The topological polar surface area (TPSA) is 12.0 Å². The van der Waals surface area contributed by atoms with Crippen molar-refractivity contribution in [3.05, 3.63) is 33.3 Å². The summed E-state index contributed by atoms with van der Waals surface area (Å²) < 4.78 is 1.13. The summed E-state index contributed by atoms with van der Waals surface area (Å²) in [6.07, 6.45) is 1.24. The third-order valence-corrected chi connectivity index (χ3v) is 4.84. The van der Waals surface area contributed by atoms with Crippen molar-refractivity contribution in [2.75, 3.05) is 6.54 Å². The average molecular weight is 307 g/mol. The maximum atomic E-state index is 6.01.